The fraction of sp³-hybridized carbons (Fsp3) is 0.600. The van der Waals surface area contributed by atoms with E-state index in [4.69, 9.17) is 0 Å². The van der Waals surface area contributed by atoms with E-state index < -0.39 is 0 Å². The standard InChI is InChI=1S/C15H23N/c1-12(2)15-9-13(3)10-16(15)11-14-7-5-4-6-8-14/h4-8,12-13,15H,9-11H2,1-3H3/t13-,15-/m0/s1. The van der Waals surface area contributed by atoms with Gasteiger partial charge in [0.25, 0.3) is 0 Å². The van der Waals surface area contributed by atoms with Crippen molar-refractivity contribution in [2.24, 2.45) is 11.8 Å². The van der Waals surface area contributed by atoms with Crippen LogP contribution in [-0.2, 0) is 6.54 Å². The molecule has 1 nitrogen and oxygen atoms in total. The van der Waals surface area contributed by atoms with Gasteiger partial charge in [0.1, 0.15) is 0 Å². The third-order valence-electron chi connectivity index (χ3n) is 3.66. The average molecular weight is 217 g/mol. The van der Waals surface area contributed by atoms with Crippen molar-refractivity contribution in [2.45, 2.75) is 39.8 Å². The van der Waals surface area contributed by atoms with Gasteiger partial charge in [-0.05, 0) is 23.8 Å². The Morgan fingerprint density at radius 1 is 1.25 bits per heavy atom. The van der Waals surface area contributed by atoms with Gasteiger partial charge < -0.3 is 0 Å². The molecule has 1 heterocycles. The van der Waals surface area contributed by atoms with E-state index in [1.807, 2.05) is 0 Å². The summed E-state index contributed by atoms with van der Waals surface area (Å²) in [7, 11) is 0. The fourth-order valence-corrected chi connectivity index (χ4v) is 2.87. The second kappa shape index (κ2) is 5.01. The van der Waals surface area contributed by atoms with Crippen molar-refractivity contribution in [3.63, 3.8) is 0 Å². The van der Waals surface area contributed by atoms with Crippen molar-refractivity contribution in [2.75, 3.05) is 6.54 Å². The van der Waals surface area contributed by atoms with Crippen LogP contribution in [0.4, 0.5) is 0 Å². The van der Waals surface area contributed by atoms with Crippen LogP contribution in [-0.4, -0.2) is 17.5 Å². The van der Waals surface area contributed by atoms with Crippen LogP contribution in [0.2, 0.25) is 0 Å². The first-order chi connectivity index (χ1) is 7.66. The molecule has 0 aromatic heterocycles. The summed E-state index contributed by atoms with van der Waals surface area (Å²) in [5.74, 6) is 1.63. The summed E-state index contributed by atoms with van der Waals surface area (Å²) in [6.07, 6.45) is 1.37. The van der Waals surface area contributed by atoms with Gasteiger partial charge in [0.15, 0.2) is 0 Å². The molecule has 2 rings (SSSR count). The minimum absolute atomic E-state index is 0.772. The maximum Gasteiger partial charge on any atom is 0.0236 e. The zero-order valence-electron chi connectivity index (χ0n) is 10.7. The molecule has 0 saturated carbocycles. The van der Waals surface area contributed by atoms with Gasteiger partial charge in [0, 0.05) is 19.1 Å². The Bertz CT molecular complexity index is 317. The molecule has 2 atom stereocenters. The molecule has 0 radical (unpaired) electrons. The zero-order chi connectivity index (χ0) is 11.5. The highest BCUT2D eigenvalue weighted by atomic mass is 15.2. The van der Waals surface area contributed by atoms with E-state index in [1.165, 1.54) is 18.5 Å². The molecule has 0 unspecified atom stereocenters. The molecule has 1 aliphatic rings. The van der Waals surface area contributed by atoms with Gasteiger partial charge >= 0.3 is 0 Å². The summed E-state index contributed by atoms with van der Waals surface area (Å²) in [5.41, 5.74) is 1.45. The third kappa shape index (κ3) is 2.65. The first-order valence-corrected chi connectivity index (χ1v) is 6.45. The Balaban J connectivity index is 2.03. The van der Waals surface area contributed by atoms with Crippen molar-refractivity contribution < 1.29 is 0 Å². The Morgan fingerprint density at radius 2 is 1.94 bits per heavy atom. The van der Waals surface area contributed by atoms with Crippen LogP contribution >= 0.6 is 0 Å². The summed E-state index contributed by atoms with van der Waals surface area (Å²) >= 11 is 0. The van der Waals surface area contributed by atoms with Gasteiger partial charge in [0.2, 0.25) is 0 Å². The van der Waals surface area contributed by atoms with Crippen LogP contribution in [0, 0.1) is 11.8 Å². The van der Waals surface area contributed by atoms with Crippen molar-refractivity contribution in [3.8, 4) is 0 Å². The van der Waals surface area contributed by atoms with Crippen LogP contribution in [0.1, 0.15) is 32.8 Å². The summed E-state index contributed by atoms with van der Waals surface area (Å²) in [6.45, 7) is 9.45. The Labute approximate surface area is 99.5 Å². The van der Waals surface area contributed by atoms with Gasteiger partial charge in [0.05, 0.1) is 0 Å². The SMILES string of the molecule is CC(C)[C@@H]1C[C@H](C)CN1Cc1ccccc1. The molecule has 1 fully saturated rings. The highest BCUT2D eigenvalue weighted by Gasteiger charge is 2.31. The molecule has 0 spiro atoms. The predicted octanol–water partition coefficient (Wildman–Crippen LogP) is 3.55. The first-order valence-electron chi connectivity index (χ1n) is 6.45. The summed E-state index contributed by atoms with van der Waals surface area (Å²) < 4.78 is 0. The Morgan fingerprint density at radius 3 is 2.56 bits per heavy atom. The van der Waals surface area contributed by atoms with E-state index in [-0.39, 0.29) is 0 Å². The maximum absolute atomic E-state index is 2.66. The zero-order valence-corrected chi connectivity index (χ0v) is 10.7. The number of hydrogen-bond donors (Lipinski definition) is 0. The van der Waals surface area contributed by atoms with E-state index in [0.29, 0.717) is 0 Å². The van der Waals surface area contributed by atoms with Crippen LogP contribution < -0.4 is 0 Å². The number of hydrogen-bond acceptors (Lipinski definition) is 1. The molecule has 1 aromatic carbocycles. The summed E-state index contributed by atoms with van der Waals surface area (Å²) in [5, 5.41) is 0. The van der Waals surface area contributed by atoms with Gasteiger partial charge in [-0.2, -0.15) is 0 Å². The summed E-state index contributed by atoms with van der Waals surface area (Å²) in [4.78, 5) is 2.66. The Kier molecular flexibility index (Phi) is 3.65. The predicted molar refractivity (Wildman–Crippen MR) is 69.3 cm³/mol. The first kappa shape index (κ1) is 11.7. The molecule has 0 amide bonds. The van der Waals surface area contributed by atoms with Gasteiger partial charge in [-0.25, -0.2) is 0 Å². The smallest absolute Gasteiger partial charge is 0.0236 e. The normalized spacial score (nSPS) is 26.5. The van der Waals surface area contributed by atoms with E-state index in [9.17, 15) is 0 Å². The number of benzene rings is 1. The third-order valence-corrected chi connectivity index (χ3v) is 3.66. The van der Waals surface area contributed by atoms with Gasteiger partial charge in [-0.1, -0.05) is 51.1 Å². The van der Waals surface area contributed by atoms with Crippen molar-refractivity contribution in [1.29, 1.82) is 0 Å². The monoisotopic (exact) mass is 217 g/mol. The quantitative estimate of drug-likeness (QED) is 0.748. The van der Waals surface area contributed by atoms with Crippen molar-refractivity contribution >= 4 is 0 Å². The molecule has 1 aliphatic heterocycles. The van der Waals surface area contributed by atoms with E-state index in [1.54, 1.807) is 0 Å². The number of rotatable bonds is 3. The molecule has 88 valence electrons. The molecule has 0 N–H and O–H groups in total. The van der Waals surface area contributed by atoms with Crippen LogP contribution in [0.25, 0.3) is 0 Å². The minimum atomic E-state index is 0.772. The average Bonchev–Trinajstić information content (AvgIpc) is 2.61. The molecule has 0 bridgehead atoms. The number of nitrogens with zero attached hydrogens (tertiary/aromatic N) is 1. The van der Waals surface area contributed by atoms with E-state index in [0.717, 1.165) is 24.4 Å². The summed E-state index contributed by atoms with van der Waals surface area (Å²) in [6, 6.07) is 11.6. The van der Waals surface area contributed by atoms with Gasteiger partial charge in [-0.3, -0.25) is 4.90 Å². The maximum atomic E-state index is 2.66. The minimum Gasteiger partial charge on any atom is -0.296 e. The highest BCUT2D eigenvalue weighted by molar-refractivity contribution is 5.15. The second-order valence-electron chi connectivity index (χ2n) is 5.57. The lowest BCUT2D eigenvalue weighted by Gasteiger charge is -2.27. The lowest BCUT2D eigenvalue weighted by Crippen LogP contribution is -2.32. The molecule has 1 saturated heterocycles. The van der Waals surface area contributed by atoms with Crippen molar-refractivity contribution in [3.05, 3.63) is 35.9 Å². The van der Waals surface area contributed by atoms with E-state index in [2.05, 4.69) is 56.0 Å². The largest absolute Gasteiger partial charge is 0.296 e. The molecule has 1 aromatic rings. The van der Waals surface area contributed by atoms with Crippen molar-refractivity contribution in [1.82, 2.24) is 4.90 Å². The second-order valence-corrected chi connectivity index (χ2v) is 5.57. The van der Waals surface area contributed by atoms with Crippen LogP contribution in [0.5, 0.6) is 0 Å². The van der Waals surface area contributed by atoms with Gasteiger partial charge in [-0.15, -0.1) is 0 Å². The highest BCUT2D eigenvalue weighted by Crippen LogP contribution is 2.29. The van der Waals surface area contributed by atoms with Crippen LogP contribution in [0.15, 0.2) is 30.3 Å². The number of likely N-dealkylation sites (tertiary alicyclic amines) is 1. The van der Waals surface area contributed by atoms with E-state index >= 15 is 0 Å². The molecule has 1 heteroatoms. The topological polar surface area (TPSA) is 3.24 Å². The van der Waals surface area contributed by atoms with Crippen LogP contribution in [0.3, 0.4) is 0 Å². The molecular weight excluding hydrogens is 194 g/mol. The fourth-order valence-electron chi connectivity index (χ4n) is 2.87. The molecule has 0 aliphatic carbocycles. The molecular formula is C15H23N. The Hall–Kier alpha value is -0.820. The lowest BCUT2D eigenvalue weighted by molar-refractivity contribution is 0.198. The molecule has 16 heavy (non-hydrogen) atoms. The lowest BCUT2D eigenvalue weighted by atomic mass is 9.98.